The predicted molar refractivity (Wildman–Crippen MR) is 109 cm³/mol. The summed E-state index contributed by atoms with van der Waals surface area (Å²) in [7, 11) is 0. The molecule has 0 saturated carbocycles. The summed E-state index contributed by atoms with van der Waals surface area (Å²) in [6.45, 7) is 1.72. The van der Waals surface area contributed by atoms with Gasteiger partial charge >= 0.3 is 17.6 Å². The Kier molecular flexibility index (Phi) is 6.36. The molecule has 0 radical (unpaired) electrons. The third-order valence-electron chi connectivity index (χ3n) is 4.21. The van der Waals surface area contributed by atoms with Gasteiger partial charge in [-0.15, -0.1) is 0 Å². The molecule has 156 valence electrons. The van der Waals surface area contributed by atoms with Gasteiger partial charge in [0.25, 0.3) is 0 Å². The van der Waals surface area contributed by atoms with Crippen molar-refractivity contribution in [3.05, 3.63) is 67.9 Å². The Bertz CT molecular complexity index is 1140. The summed E-state index contributed by atoms with van der Waals surface area (Å²) < 4.78 is 16.4. The van der Waals surface area contributed by atoms with E-state index in [4.69, 9.17) is 13.9 Å². The molecule has 1 aromatic heterocycles. The van der Waals surface area contributed by atoms with E-state index in [1.807, 2.05) is 0 Å². The quantitative estimate of drug-likeness (QED) is 0.285. The smallest absolute Gasteiger partial charge is 0.372 e. The number of halogens is 1. The number of rotatable bonds is 8. The fourth-order valence-electron chi connectivity index (χ4n) is 2.96. The average molecular weight is 478 g/mol. The summed E-state index contributed by atoms with van der Waals surface area (Å²) in [5, 5.41) is 21.1. The molecule has 0 aliphatic heterocycles. The standard InChI is InChI=1S/C20H16BrNO8/c1-2-28-17(23)7-11-5-3-4-6-16(11)29-10-14-13-8-12(21)9-15(22(26)27)18(13)30-19(14)20(24)25/h3-6,8-9H,2,7,10H2,1H3,(H,24,25). The molecule has 1 heterocycles. The van der Waals surface area contributed by atoms with Crippen molar-refractivity contribution in [2.24, 2.45) is 0 Å². The number of ether oxygens (including phenoxy) is 2. The number of para-hydroxylation sites is 1. The summed E-state index contributed by atoms with van der Waals surface area (Å²) >= 11 is 3.20. The summed E-state index contributed by atoms with van der Waals surface area (Å²) in [4.78, 5) is 34.2. The number of furan rings is 1. The highest BCUT2D eigenvalue weighted by Gasteiger charge is 2.27. The number of nitro groups is 1. The first-order valence-electron chi connectivity index (χ1n) is 8.80. The van der Waals surface area contributed by atoms with E-state index in [1.54, 1.807) is 31.2 Å². The van der Waals surface area contributed by atoms with E-state index in [-0.39, 0.29) is 41.9 Å². The summed E-state index contributed by atoms with van der Waals surface area (Å²) in [5.74, 6) is -1.89. The first-order valence-corrected chi connectivity index (χ1v) is 9.60. The van der Waals surface area contributed by atoms with Gasteiger partial charge in [0.05, 0.1) is 23.5 Å². The van der Waals surface area contributed by atoms with Crippen LogP contribution < -0.4 is 4.74 Å². The second-order valence-electron chi connectivity index (χ2n) is 6.15. The molecule has 0 saturated heterocycles. The van der Waals surface area contributed by atoms with Crippen molar-refractivity contribution in [1.82, 2.24) is 0 Å². The zero-order valence-electron chi connectivity index (χ0n) is 15.7. The molecular formula is C20H16BrNO8. The van der Waals surface area contributed by atoms with E-state index < -0.39 is 22.6 Å². The Balaban J connectivity index is 1.99. The van der Waals surface area contributed by atoms with Gasteiger partial charge in [-0.2, -0.15) is 0 Å². The van der Waals surface area contributed by atoms with E-state index in [0.29, 0.717) is 15.8 Å². The highest BCUT2D eigenvalue weighted by molar-refractivity contribution is 9.10. The number of esters is 1. The topological polar surface area (TPSA) is 129 Å². The molecule has 0 fully saturated rings. The lowest BCUT2D eigenvalue weighted by molar-refractivity contribution is -0.383. The SMILES string of the molecule is CCOC(=O)Cc1ccccc1OCc1c(C(=O)O)oc2c([N+](=O)[O-])cc(Br)cc12. The Morgan fingerprint density at radius 2 is 2.00 bits per heavy atom. The second-order valence-corrected chi connectivity index (χ2v) is 7.07. The molecular weight excluding hydrogens is 462 g/mol. The fraction of sp³-hybridized carbons (Fsp3) is 0.200. The lowest BCUT2D eigenvalue weighted by Gasteiger charge is -2.11. The number of carboxylic acid groups (broad SMARTS) is 1. The van der Waals surface area contributed by atoms with Gasteiger partial charge in [-0.05, 0) is 19.1 Å². The van der Waals surface area contributed by atoms with Crippen LogP contribution in [0.25, 0.3) is 11.0 Å². The zero-order chi connectivity index (χ0) is 21.8. The van der Waals surface area contributed by atoms with Gasteiger partial charge < -0.3 is 19.0 Å². The van der Waals surface area contributed by atoms with Gasteiger partial charge in [0.2, 0.25) is 11.3 Å². The van der Waals surface area contributed by atoms with E-state index in [2.05, 4.69) is 15.9 Å². The van der Waals surface area contributed by atoms with E-state index >= 15 is 0 Å². The van der Waals surface area contributed by atoms with Crippen molar-refractivity contribution in [3.8, 4) is 5.75 Å². The number of non-ortho nitro benzene ring substituents is 1. The largest absolute Gasteiger partial charge is 0.488 e. The van der Waals surface area contributed by atoms with Crippen molar-refractivity contribution in [3.63, 3.8) is 0 Å². The van der Waals surface area contributed by atoms with Crippen LogP contribution in [0.3, 0.4) is 0 Å². The molecule has 3 rings (SSSR count). The van der Waals surface area contributed by atoms with Crippen molar-refractivity contribution in [2.75, 3.05) is 6.61 Å². The number of hydrogen-bond acceptors (Lipinski definition) is 7. The van der Waals surface area contributed by atoms with Gasteiger partial charge in [-0.25, -0.2) is 4.79 Å². The van der Waals surface area contributed by atoms with Crippen LogP contribution in [0.1, 0.15) is 28.6 Å². The lowest BCUT2D eigenvalue weighted by atomic mass is 10.1. The van der Waals surface area contributed by atoms with Crippen molar-refractivity contribution in [2.45, 2.75) is 20.0 Å². The minimum absolute atomic E-state index is 0.0149. The number of benzene rings is 2. The molecule has 0 aliphatic carbocycles. The summed E-state index contributed by atoms with van der Waals surface area (Å²) in [6, 6.07) is 9.53. The van der Waals surface area contributed by atoms with E-state index in [0.717, 1.165) is 0 Å². The Morgan fingerprint density at radius 1 is 1.27 bits per heavy atom. The molecule has 0 aliphatic rings. The van der Waals surface area contributed by atoms with Crippen LogP contribution >= 0.6 is 15.9 Å². The summed E-state index contributed by atoms with van der Waals surface area (Å²) in [5.41, 5.74) is 0.190. The lowest BCUT2D eigenvalue weighted by Crippen LogP contribution is -2.09. The van der Waals surface area contributed by atoms with Gasteiger partial charge in [0.1, 0.15) is 12.4 Å². The summed E-state index contributed by atoms with van der Waals surface area (Å²) in [6.07, 6.45) is -0.0149. The first kappa shape index (κ1) is 21.3. The molecule has 0 unspecified atom stereocenters. The van der Waals surface area contributed by atoms with Crippen LogP contribution in [0.2, 0.25) is 0 Å². The number of hydrogen-bond donors (Lipinski definition) is 1. The van der Waals surface area contributed by atoms with Crippen LogP contribution in [-0.2, 0) is 22.6 Å². The number of carbonyl (C=O) groups is 2. The third kappa shape index (κ3) is 4.43. The Hall–Kier alpha value is -3.40. The molecule has 30 heavy (non-hydrogen) atoms. The van der Waals surface area contributed by atoms with Crippen LogP contribution in [-0.4, -0.2) is 28.6 Å². The number of carbonyl (C=O) groups excluding carboxylic acids is 1. The van der Waals surface area contributed by atoms with Crippen molar-refractivity contribution in [1.29, 1.82) is 0 Å². The molecule has 0 atom stereocenters. The van der Waals surface area contributed by atoms with Crippen LogP contribution in [0, 0.1) is 10.1 Å². The molecule has 1 N–H and O–H groups in total. The van der Waals surface area contributed by atoms with Gasteiger partial charge in [0.15, 0.2) is 0 Å². The van der Waals surface area contributed by atoms with E-state index in [9.17, 15) is 24.8 Å². The van der Waals surface area contributed by atoms with E-state index in [1.165, 1.54) is 12.1 Å². The fourth-order valence-corrected chi connectivity index (χ4v) is 3.40. The molecule has 0 amide bonds. The van der Waals surface area contributed by atoms with Crippen molar-refractivity contribution < 1.29 is 33.5 Å². The monoisotopic (exact) mass is 477 g/mol. The number of nitro benzene ring substituents is 1. The Morgan fingerprint density at radius 3 is 2.67 bits per heavy atom. The molecule has 9 nitrogen and oxygen atoms in total. The Labute approximate surface area is 178 Å². The molecule has 0 bridgehead atoms. The number of aromatic carboxylic acids is 1. The van der Waals surface area contributed by atoms with Gasteiger partial charge in [-0.3, -0.25) is 14.9 Å². The number of nitrogens with zero attached hydrogens (tertiary/aromatic N) is 1. The maximum absolute atomic E-state index is 11.8. The first-order chi connectivity index (χ1) is 14.3. The number of carboxylic acids is 1. The van der Waals surface area contributed by atoms with Crippen molar-refractivity contribution >= 4 is 44.5 Å². The minimum Gasteiger partial charge on any atom is -0.488 e. The van der Waals surface area contributed by atoms with Gasteiger partial charge in [0, 0.05) is 21.5 Å². The van der Waals surface area contributed by atoms with Crippen LogP contribution in [0.4, 0.5) is 5.69 Å². The maximum Gasteiger partial charge on any atom is 0.372 e. The average Bonchev–Trinajstić information content (AvgIpc) is 3.05. The minimum atomic E-state index is -1.38. The second kappa shape index (κ2) is 8.95. The third-order valence-corrected chi connectivity index (χ3v) is 4.67. The van der Waals surface area contributed by atoms with Crippen LogP contribution in [0.5, 0.6) is 5.75 Å². The number of fused-ring (bicyclic) bond motifs is 1. The highest BCUT2D eigenvalue weighted by atomic mass is 79.9. The molecule has 0 spiro atoms. The maximum atomic E-state index is 11.8. The zero-order valence-corrected chi connectivity index (χ0v) is 17.3. The molecule has 3 aromatic rings. The molecule has 2 aromatic carbocycles. The predicted octanol–water partition coefficient (Wildman–Crippen LogP) is 4.49. The van der Waals surface area contributed by atoms with Crippen LogP contribution in [0.15, 0.2) is 45.3 Å². The normalized spacial score (nSPS) is 10.7. The highest BCUT2D eigenvalue weighted by Crippen LogP contribution is 2.36. The van der Waals surface area contributed by atoms with Gasteiger partial charge in [-0.1, -0.05) is 34.1 Å². The molecule has 10 heteroatoms.